The van der Waals surface area contributed by atoms with Crippen LogP contribution >= 0.6 is 0 Å². The lowest BCUT2D eigenvalue weighted by molar-refractivity contribution is 0.745. The second kappa shape index (κ2) is 3.28. The van der Waals surface area contributed by atoms with E-state index in [0.29, 0.717) is 0 Å². The van der Waals surface area contributed by atoms with Gasteiger partial charge in [-0.2, -0.15) is 5.10 Å². The van der Waals surface area contributed by atoms with Crippen molar-refractivity contribution in [2.45, 2.75) is 38.1 Å². The van der Waals surface area contributed by atoms with Crippen LogP contribution < -0.4 is 5.73 Å². The van der Waals surface area contributed by atoms with Crippen LogP contribution in [-0.4, -0.2) is 14.6 Å². The molecule has 0 unspecified atom stereocenters. The molecule has 1 aliphatic rings. The predicted octanol–water partition coefficient (Wildman–Crippen LogP) is 1.63. The summed E-state index contributed by atoms with van der Waals surface area (Å²) in [7, 11) is 0. The summed E-state index contributed by atoms with van der Waals surface area (Å²) >= 11 is 0. The van der Waals surface area contributed by atoms with E-state index in [1.807, 2.05) is 16.9 Å². The molecule has 0 amide bonds. The van der Waals surface area contributed by atoms with Crippen LogP contribution in [0.5, 0.6) is 0 Å². The number of hydrogen-bond donors (Lipinski definition) is 1. The van der Waals surface area contributed by atoms with E-state index < -0.39 is 0 Å². The molecule has 3 rings (SSSR count). The first-order valence-electron chi connectivity index (χ1n) is 5.84. The van der Waals surface area contributed by atoms with Gasteiger partial charge in [-0.05, 0) is 24.8 Å². The van der Waals surface area contributed by atoms with E-state index in [1.54, 1.807) is 0 Å². The monoisotopic (exact) mass is 216 g/mol. The van der Waals surface area contributed by atoms with Gasteiger partial charge in [-0.3, -0.25) is 0 Å². The molecule has 1 aliphatic carbocycles. The standard InChI is InChI=1S/C12H16N4/c1-2-3-9-6-14-11-10(12(13)4-5-12)7-15-16(11)8-9/h6-8H,2-5,13H2,1H3. The van der Waals surface area contributed by atoms with Gasteiger partial charge in [-0.25, -0.2) is 9.50 Å². The molecule has 1 saturated carbocycles. The van der Waals surface area contributed by atoms with Crippen molar-refractivity contribution in [1.29, 1.82) is 0 Å². The average Bonchev–Trinajstić information content (AvgIpc) is 2.88. The molecule has 4 nitrogen and oxygen atoms in total. The molecule has 16 heavy (non-hydrogen) atoms. The maximum Gasteiger partial charge on any atom is 0.159 e. The van der Waals surface area contributed by atoms with E-state index in [2.05, 4.69) is 23.2 Å². The first kappa shape index (κ1) is 9.78. The molecular weight excluding hydrogens is 200 g/mol. The van der Waals surface area contributed by atoms with Gasteiger partial charge >= 0.3 is 0 Å². The van der Waals surface area contributed by atoms with E-state index in [0.717, 1.165) is 36.9 Å². The van der Waals surface area contributed by atoms with E-state index in [9.17, 15) is 0 Å². The third-order valence-electron chi connectivity index (χ3n) is 3.27. The number of fused-ring (bicyclic) bond motifs is 1. The smallest absolute Gasteiger partial charge is 0.159 e. The van der Waals surface area contributed by atoms with Gasteiger partial charge in [0.15, 0.2) is 5.65 Å². The van der Waals surface area contributed by atoms with Crippen LogP contribution in [0.1, 0.15) is 37.3 Å². The molecule has 0 spiro atoms. The summed E-state index contributed by atoms with van der Waals surface area (Å²) in [4.78, 5) is 4.49. The zero-order chi connectivity index (χ0) is 11.2. The molecule has 0 aromatic carbocycles. The number of nitrogens with zero attached hydrogens (tertiary/aromatic N) is 3. The Morgan fingerprint density at radius 1 is 1.44 bits per heavy atom. The van der Waals surface area contributed by atoms with E-state index in [-0.39, 0.29) is 5.54 Å². The fourth-order valence-electron chi connectivity index (χ4n) is 2.09. The van der Waals surface area contributed by atoms with Crippen molar-refractivity contribution >= 4 is 5.65 Å². The zero-order valence-electron chi connectivity index (χ0n) is 9.48. The second-order valence-electron chi connectivity index (χ2n) is 4.69. The molecule has 0 radical (unpaired) electrons. The highest BCUT2D eigenvalue weighted by atomic mass is 15.2. The van der Waals surface area contributed by atoms with Crippen molar-refractivity contribution in [2.24, 2.45) is 5.73 Å². The lowest BCUT2D eigenvalue weighted by atomic mass is 10.1. The molecule has 0 saturated heterocycles. The van der Waals surface area contributed by atoms with Gasteiger partial charge in [-0.15, -0.1) is 0 Å². The third kappa shape index (κ3) is 1.41. The fraction of sp³-hybridized carbons (Fsp3) is 0.500. The first-order chi connectivity index (χ1) is 7.73. The molecule has 1 fully saturated rings. The maximum absolute atomic E-state index is 6.18. The number of nitrogens with two attached hydrogens (primary N) is 1. The maximum atomic E-state index is 6.18. The van der Waals surface area contributed by atoms with Crippen LogP contribution in [0, 0.1) is 0 Å². The van der Waals surface area contributed by atoms with Crippen molar-refractivity contribution in [3.8, 4) is 0 Å². The first-order valence-corrected chi connectivity index (χ1v) is 5.84. The van der Waals surface area contributed by atoms with Crippen LogP contribution in [0.4, 0.5) is 0 Å². The van der Waals surface area contributed by atoms with E-state index in [1.165, 1.54) is 5.56 Å². The summed E-state index contributed by atoms with van der Waals surface area (Å²) in [5.74, 6) is 0. The number of hydrogen-bond acceptors (Lipinski definition) is 3. The average molecular weight is 216 g/mol. The normalized spacial score (nSPS) is 17.9. The molecule has 0 bridgehead atoms. The molecule has 2 heterocycles. The van der Waals surface area contributed by atoms with Gasteiger partial charge < -0.3 is 5.73 Å². The van der Waals surface area contributed by atoms with Gasteiger partial charge in [0.05, 0.1) is 6.20 Å². The van der Waals surface area contributed by atoms with Crippen LogP contribution in [0.3, 0.4) is 0 Å². The zero-order valence-corrected chi connectivity index (χ0v) is 9.48. The summed E-state index contributed by atoms with van der Waals surface area (Å²) in [6.07, 6.45) is 10.1. The minimum atomic E-state index is -0.152. The Balaban J connectivity index is 2.08. The SMILES string of the molecule is CCCc1cnc2c(C3(N)CC3)cnn2c1. The Morgan fingerprint density at radius 2 is 2.25 bits per heavy atom. The summed E-state index contributed by atoms with van der Waals surface area (Å²) in [5.41, 5.74) is 9.27. The van der Waals surface area contributed by atoms with Crippen molar-refractivity contribution in [1.82, 2.24) is 14.6 Å². The number of rotatable bonds is 3. The van der Waals surface area contributed by atoms with E-state index in [4.69, 9.17) is 5.73 Å². The Bertz CT molecular complexity index is 525. The summed E-state index contributed by atoms with van der Waals surface area (Å²) in [6, 6.07) is 0. The van der Waals surface area contributed by atoms with Crippen molar-refractivity contribution in [3.05, 3.63) is 29.7 Å². The molecular formula is C12H16N4. The van der Waals surface area contributed by atoms with Crippen LogP contribution in [0.15, 0.2) is 18.6 Å². The summed E-state index contributed by atoms with van der Waals surface area (Å²) in [5, 5.41) is 4.34. The van der Waals surface area contributed by atoms with Crippen molar-refractivity contribution in [3.63, 3.8) is 0 Å². The molecule has 0 atom stereocenters. The quantitative estimate of drug-likeness (QED) is 0.848. The highest BCUT2D eigenvalue weighted by molar-refractivity contribution is 5.52. The van der Waals surface area contributed by atoms with Crippen molar-refractivity contribution < 1.29 is 0 Å². The van der Waals surface area contributed by atoms with Gasteiger partial charge in [0.1, 0.15) is 0 Å². The Labute approximate surface area is 94.5 Å². The molecule has 84 valence electrons. The van der Waals surface area contributed by atoms with Gasteiger partial charge in [0, 0.05) is 23.5 Å². The molecule has 4 heteroatoms. The lowest BCUT2D eigenvalue weighted by Gasteiger charge is -2.05. The highest BCUT2D eigenvalue weighted by Gasteiger charge is 2.42. The largest absolute Gasteiger partial charge is 0.321 e. The predicted molar refractivity (Wildman–Crippen MR) is 62.1 cm³/mol. The van der Waals surface area contributed by atoms with E-state index >= 15 is 0 Å². The third-order valence-corrected chi connectivity index (χ3v) is 3.27. The molecule has 0 aliphatic heterocycles. The highest BCUT2D eigenvalue weighted by Crippen LogP contribution is 2.43. The van der Waals surface area contributed by atoms with Crippen LogP contribution in [0.2, 0.25) is 0 Å². The molecule has 2 aromatic heterocycles. The number of aromatic nitrogens is 3. The summed E-state index contributed by atoms with van der Waals surface area (Å²) in [6.45, 7) is 2.16. The minimum absolute atomic E-state index is 0.152. The summed E-state index contributed by atoms with van der Waals surface area (Å²) < 4.78 is 1.85. The number of aryl methyl sites for hydroxylation is 1. The van der Waals surface area contributed by atoms with Crippen LogP contribution in [0.25, 0.3) is 5.65 Å². The fourth-order valence-corrected chi connectivity index (χ4v) is 2.09. The molecule has 2 N–H and O–H groups in total. The Kier molecular flexibility index (Phi) is 2.01. The van der Waals surface area contributed by atoms with Gasteiger partial charge in [0.2, 0.25) is 0 Å². The van der Waals surface area contributed by atoms with Crippen molar-refractivity contribution in [2.75, 3.05) is 0 Å². The Morgan fingerprint density at radius 3 is 2.94 bits per heavy atom. The molecule has 2 aromatic rings. The topological polar surface area (TPSA) is 56.2 Å². The second-order valence-corrected chi connectivity index (χ2v) is 4.69. The Hall–Kier alpha value is -1.42. The lowest BCUT2D eigenvalue weighted by Crippen LogP contribution is -2.18. The minimum Gasteiger partial charge on any atom is -0.321 e. The van der Waals surface area contributed by atoms with Gasteiger partial charge in [-0.1, -0.05) is 13.3 Å². The van der Waals surface area contributed by atoms with Crippen LogP contribution in [-0.2, 0) is 12.0 Å². The van der Waals surface area contributed by atoms with Gasteiger partial charge in [0.25, 0.3) is 0 Å².